The number of rotatable bonds is 2. The van der Waals surface area contributed by atoms with E-state index in [4.69, 9.17) is 5.73 Å². The molecule has 1 aliphatic rings. The Morgan fingerprint density at radius 3 is 2.47 bits per heavy atom. The van der Waals surface area contributed by atoms with E-state index in [-0.39, 0.29) is 12.6 Å². The lowest BCUT2D eigenvalue weighted by molar-refractivity contribution is -0.141. The number of nitrogens with two attached hydrogens (primary N) is 1. The Kier molecular flexibility index (Phi) is 3.61. The fraction of sp³-hybridized carbons (Fsp3) is 0.750. The van der Waals surface area contributed by atoms with Gasteiger partial charge in [-0.1, -0.05) is 0 Å². The van der Waals surface area contributed by atoms with E-state index in [0.717, 1.165) is 6.07 Å². The molecule has 7 heteroatoms. The fourth-order valence-electron chi connectivity index (χ4n) is 2.82. The largest absolute Gasteiger partial charge is 0.435 e. The summed E-state index contributed by atoms with van der Waals surface area (Å²) in [4.78, 5) is 0. The SMILES string of the molecule is Cn1nc(C(F)(F)F)cc1C1(CN)CCC(O)CC1. The lowest BCUT2D eigenvalue weighted by atomic mass is 9.71. The van der Waals surface area contributed by atoms with Gasteiger partial charge >= 0.3 is 6.18 Å². The highest BCUT2D eigenvalue weighted by molar-refractivity contribution is 5.24. The molecule has 0 bridgehead atoms. The van der Waals surface area contributed by atoms with Crippen LogP contribution in [0.3, 0.4) is 0 Å². The second-order valence-corrected chi connectivity index (χ2v) is 5.25. The molecule has 0 aliphatic heterocycles. The van der Waals surface area contributed by atoms with Crippen molar-refractivity contribution in [2.75, 3.05) is 6.54 Å². The summed E-state index contributed by atoms with van der Waals surface area (Å²) in [5, 5.41) is 13.1. The van der Waals surface area contributed by atoms with Crippen LogP contribution in [0.4, 0.5) is 13.2 Å². The summed E-state index contributed by atoms with van der Waals surface area (Å²) in [5.41, 5.74) is 4.91. The molecule has 0 spiro atoms. The summed E-state index contributed by atoms with van der Waals surface area (Å²) in [5.74, 6) is 0. The molecule has 1 aliphatic carbocycles. The van der Waals surface area contributed by atoms with E-state index in [1.54, 1.807) is 0 Å². The molecule has 1 aromatic heterocycles. The summed E-state index contributed by atoms with van der Waals surface area (Å²) in [6.45, 7) is 0.260. The van der Waals surface area contributed by atoms with E-state index in [2.05, 4.69) is 5.10 Å². The molecule has 108 valence electrons. The number of hydrogen-bond acceptors (Lipinski definition) is 3. The first-order valence-electron chi connectivity index (χ1n) is 6.28. The van der Waals surface area contributed by atoms with E-state index in [1.165, 1.54) is 11.7 Å². The first-order valence-corrected chi connectivity index (χ1v) is 6.28. The molecule has 0 aromatic carbocycles. The van der Waals surface area contributed by atoms with Crippen LogP contribution in [0.5, 0.6) is 0 Å². The number of alkyl halides is 3. The Labute approximate surface area is 109 Å². The third-order valence-corrected chi connectivity index (χ3v) is 4.02. The molecular weight excluding hydrogens is 259 g/mol. The van der Waals surface area contributed by atoms with Gasteiger partial charge in [-0.05, 0) is 31.7 Å². The van der Waals surface area contributed by atoms with Crippen molar-refractivity contribution in [1.82, 2.24) is 9.78 Å². The average molecular weight is 277 g/mol. The van der Waals surface area contributed by atoms with Gasteiger partial charge in [0.2, 0.25) is 0 Å². The molecule has 0 unspecified atom stereocenters. The van der Waals surface area contributed by atoms with Crippen LogP contribution in [0.1, 0.15) is 37.1 Å². The zero-order valence-electron chi connectivity index (χ0n) is 10.7. The number of nitrogens with zero attached hydrogens (tertiary/aromatic N) is 2. The van der Waals surface area contributed by atoms with Crippen LogP contribution in [0.2, 0.25) is 0 Å². The van der Waals surface area contributed by atoms with Crippen molar-refractivity contribution >= 4 is 0 Å². The van der Waals surface area contributed by atoms with Crippen molar-refractivity contribution < 1.29 is 18.3 Å². The van der Waals surface area contributed by atoms with Crippen molar-refractivity contribution in [3.05, 3.63) is 17.5 Å². The molecule has 1 heterocycles. The van der Waals surface area contributed by atoms with Gasteiger partial charge in [-0.2, -0.15) is 18.3 Å². The predicted molar refractivity (Wildman–Crippen MR) is 63.4 cm³/mol. The van der Waals surface area contributed by atoms with E-state index < -0.39 is 17.3 Å². The number of hydrogen-bond donors (Lipinski definition) is 2. The zero-order valence-corrected chi connectivity index (χ0v) is 10.7. The number of aliphatic hydroxyl groups excluding tert-OH is 1. The highest BCUT2D eigenvalue weighted by Crippen LogP contribution is 2.40. The van der Waals surface area contributed by atoms with Gasteiger partial charge in [0.05, 0.1) is 6.10 Å². The van der Waals surface area contributed by atoms with Crippen molar-refractivity contribution in [2.45, 2.75) is 43.4 Å². The molecular formula is C12H18F3N3O. The summed E-state index contributed by atoms with van der Waals surface area (Å²) in [6, 6.07) is 1.09. The van der Waals surface area contributed by atoms with Gasteiger partial charge < -0.3 is 10.8 Å². The molecule has 3 N–H and O–H groups in total. The highest BCUT2D eigenvalue weighted by Gasteiger charge is 2.41. The quantitative estimate of drug-likeness (QED) is 0.862. The van der Waals surface area contributed by atoms with Crippen molar-refractivity contribution in [3.8, 4) is 0 Å². The van der Waals surface area contributed by atoms with E-state index in [0.29, 0.717) is 31.4 Å². The Morgan fingerprint density at radius 1 is 1.47 bits per heavy atom. The average Bonchev–Trinajstić information content (AvgIpc) is 2.73. The first-order chi connectivity index (χ1) is 8.78. The van der Waals surface area contributed by atoms with Crippen molar-refractivity contribution in [2.24, 2.45) is 12.8 Å². The number of aliphatic hydroxyl groups is 1. The molecule has 0 atom stereocenters. The van der Waals surface area contributed by atoms with Crippen LogP contribution < -0.4 is 5.73 Å². The maximum atomic E-state index is 12.7. The molecule has 19 heavy (non-hydrogen) atoms. The Bertz CT molecular complexity index is 448. The third-order valence-electron chi connectivity index (χ3n) is 4.02. The maximum absolute atomic E-state index is 12.7. The van der Waals surface area contributed by atoms with Gasteiger partial charge in [0.15, 0.2) is 5.69 Å². The molecule has 0 amide bonds. The number of halogens is 3. The van der Waals surface area contributed by atoms with Gasteiger partial charge in [-0.3, -0.25) is 4.68 Å². The van der Waals surface area contributed by atoms with Crippen molar-refractivity contribution in [1.29, 1.82) is 0 Å². The predicted octanol–water partition coefficient (Wildman–Crippen LogP) is 1.57. The Hall–Kier alpha value is -1.08. The molecule has 1 saturated carbocycles. The van der Waals surface area contributed by atoms with Crippen LogP contribution in [0, 0.1) is 0 Å². The second-order valence-electron chi connectivity index (χ2n) is 5.25. The first kappa shape index (κ1) is 14.3. The van der Waals surface area contributed by atoms with Crippen LogP contribution in [0.15, 0.2) is 6.07 Å². The minimum absolute atomic E-state index is 0.260. The third kappa shape index (κ3) is 2.62. The van der Waals surface area contributed by atoms with Crippen molar-refractivity contribution in [3.63, 3.8) is 0 Å². The topological polar surface area (TPSA) is 64.1 Å². The van der Waals surface area contributed by atoms with Crippen LogP contribution in [-0.4, -0.2) is 27.5 Å². The lowest BCUT2D eigenvalue weighted by Crippen LogP contribution is -2.41. The van der Waals surface area contributed by atoms with Gasteiger partial charge in [-0.25, -0.2) is 0 Å². The molecule has 0 saturated heterocycles. The maximum Gasteiger partial charge on any atom is 0.435 e. The standard InChI is InChI=1S/C12H18F3N3O/c1-18-10(6-9(17-18)12(13,14)15)11(7-16)4-2-8(19)3-5-11/h6,8,19H,2-5,7,16H2,1H3. The van der Waals surface area contributed by atoms with E-state index >= 15 is 0 Å². The normalized spacial score (nSPS) is 28.6. The molecule has 2 rings (SSSR count). The smallest absolute Gasteiger partial charge is 0.393 e. The summed E-state index contributed by atoms with van der Waals surface area (Å²) >= 11 is 0. The van der Waals surface area contributed by atoms with Gasteiger partial charge in [0.25, 0.3) is 0 Å². The Balaban J connectivity index is 2.36. The summed E-state index contributed by atoms with van der Waals surface area (Å²) < 4.78 is 39.3. The van der Waals surface area contributed by atoms with E-state index in [1.807, 2.05) is 0 Å². The van der Waals surface area contributed by atoms with Crippen LogP contribution in [0.25, 0.3) is 0 Å². The van der Waals surface area contributed by atoms with E-state index in [9.17, 15) is 18.3 Å². The monoisotopic (exact) mass is 277 g/mol. The van der Waals surface area contributed by atoms with Crippen LogP contribution >= 0.6 is 0 Å². The molecule has 1 aromatic rings. The lowest BCUT2D eigenvalue weighted by Gasteiger charge is -2.38. The molecule has 0 radical (unpaired) electrons. The minimum atomic E-state index is -4.44. The fourth-order valence-corrected chi connectivity index (χ4v) is 2.82. The molecule has 4 nitrogen and oxygen atoms in total. The summed E-state index contributed by atoms with van der Waals surface area (Å²) in [7, 11) is 1.51. The highest BCUT2D eigenvalue weighted by atomic mass is 19.4. The van der Waals surface area contributed by atoms with Gasteiger partial charge in [0.1, 0.15) is 0 Å². The number of aryl methyl sites for hydroxylation is 1. The summed E-state index contributed by atoms with van der Waals surface area (Å²) in [6.07, 6.45) is -2.54. The van der Waals surface area contributed by atoms with Crippen LogP contribution in [-0.2, 0) is 18.6 Å². The second kappa shape index (κ2) is 4.79. The van der Waals surface area contributed by atoms with Gasteiger partial charge in [0, 0.05) is 24.7 Å². The minimum Gasteiger partial charge on any atom is -0.393 e. The Morgan fingerprint density at radius 2 is 2.05 bits per heavy atom. The van der Waals surface area contributed by atoms with Gasteiger partial charge in [-0.15, -0.1) is 0 Å². The molecule has 1 fully saturated rings. The zero-order chi connectivity index (χ0) is 14.3. The number of aromatic nitrogens is 2.